The number of rotatable bonds is 10. The summed E-state index contributed by atoms with van der Waals surface area (Å²) in [6, 6.07) is 6.30. The quantitative estimate of drug-likeness (QED) is 0.254. The molecule has 0 aliphatic heterocycles. The normalized spacial score (nSPS) is 11.6. The molecular formula is C29H29ClFN7O5. The summed E-state index contributed by atoms with van der Waals surface area (Å²) in [6.45, 7) is 5.45. The maximum absolute atomic E-state index is 15.8. The van der Waals surface area contributed by atoms with Crippen molar-refractivity contribution < 1.29 is 23.4 Å². The van der Waals surface area contributed by atoms with Crippen molar-refractivity contribution in [1.82, 2.24) is 24.3 Å². The van der Waals surface area contributed by atoms with Crippen LogP contribution in [0.2, 0.25) is 5.02 Å². The number of nitriles is 1. The van der Waals surface area contributed by atoms with E-state index in [0.717, 1.165) is 6.07 Å². The molecule has 224 valence electrons. The molecular weight excluding hydrogens is 581 g/mol. The summed E-state index contributed by atoms with van der Waals surface area (Å²) in [7, 11) is 4.35. The van der Waals surface area contributed by atoms with Gasteiger partial charge in [-0.25, -0.2) is 18.9 Å². The Hall–Kier alpha value is -4.96. The maximum atomic E-state index is 15.8. The number of benzene rings is 1. The number of pyridine rings is 1. The second kappa shape index (κ2) is 12.9. The van der Waals surface area contributed by atoms with Crippen LogP contribution in [0.4, 0.5) is 10.1 Å². The molecule has 1 unspecified atom stereocenters. The molecule has 1 aromatic carbocycles. The van der Waals surface area contributed by atoms with Crippen molar-refractivity contribution in [1.29, 1.82) is 5.26 Å². The van der Waals surface area contributed by atoms with Crippen molar-refractivity contribution in [3.63, 3.8) is 0 Å². The van der Waals surface area contributed by atoms with E-state index in [9.17, 15) is 14.9 Å². The number of ether oxygens (including phenoxy) is 3. The summed E-state index contributed by atoms with van der Waals surface area (Å²) in [6.07, 6.45) is 2.92. The van der Waals surface area contributed by atoms with Crippen LogP contribution in [0.1, 0.15) is 65.6 Å². The smallest absolute Gasteiger partial charge is 0.359 e. The number of esters is 1. The topological polar surface area (TPSA) is 146 Å². The summed E-state index contributed by atoms with van der Waals surface area (Å²) in [5.41, 5.74) is 1.05. The number of methoxy groups -OCH3 is 2. The first-order valence-corrected chi connectivity index (χ1v) is 13.5. The molecule has 0 aliphatic rings. The van der Waals surface area contributed by atoms with Crippen molar-refractivity contribution in [3.05, 3.63) is 85.9 Å². The van der Waals surface area contributed by atoms with Crippen molar-refractivity contribution >= 4 is 23.3 Å². The molecule has 12 nitrogen and oxygen atoms in total. The summed E-state index contributed by atoms with van der Waals surface area (Å²) >= 11 is 6.20. The lowest BCUT2D eigenvalue weighted by atomic mass is 9.91. The van der Waals surface area contributed by atoms with Crippen LogP contribution in [0.25, 0.3) is 5.69 Å². The molecule has 0 amide bonds. The first-order valence-electron chi connectivity index (χ1n) is 13.1. The van der Waals surface area contributed by atoms with Crippen LogP contribution >= 0.6 is 11.6 Å². The van der Waals surface area contributed by atoms with Gasteiger partial charge in [-0.2, -0.15) is 15.3 Å². The van der Waals surface area contributed by atoms with Crippen LogP contribution < -0.4 is 20.3 Å². The minimum Gasteiger partial charge on any atom is -0.479 e. The van der Waals surface area contributed by atoms with Gasteiger partial charge in [0.15, 0.2) is 5.69 Å². The monoisotopic (exact) mass is 609 g/mol. The summed E-state index contributed by atoms with van der Waals surface area (Å²) in [5, 5.41) is 17.1. The fourth-order valence-corrected chi connectivity index (χ4v) is 4.86. The number of aromatic nitrogens is 5. The van der Waals surface area contributed by atoms with Crippen LogP contribution in [-0.2, 0) is 11.8 Å². The Labute approximate surface area is 251 Å². The average Bonchev–Trinajstić information content (AvgIpc) is 3.39. The van der Waals surface area contributed by atoms with E-state index >= 15 is 4.39 Å². The predicted molar refractivity (Wildman–Crippen MR) is 156 cm³/mol. The molecule has 43 heavy (non-hydrogen) atoms. The van der Waals surface area contributed by atoms with E-state index in [1.165, 1.54) is 61.1 Å². The first kappa shape index (κ1) is 31.0. The van der Waals surface area contributed by atoms with E-state index in [1.807, 2.05) is 19.9 Å². The molecule has 0 bridgehead atoms. The minimum absolute atomic E-state index is 0.0514. The zero-order valence-electron chi connectivity index (χ0n) is 24.3. The highest BCUT2D eigenvalue weighted by Gasteiger charge is 2.35. The van der Waals surface area contributed by atoms with Crippen LogP contribution in [0.5, 0.6) is 11.9 Å². The van der Waals surface area contributed by atoms with E-state index in [2.05, 4.69) is 20.4 Å². The highest BCUT2D eigenvalue weighted by Crippen LogP contribution is 2.39. The van der Waals surface area contributed by atoms with Crippen LogP contribution in [-0.4, -0.2) is 51.1 Å². The number of aryl methyl sites for hydroxylation is 1. The second-order valence-electron chi connectivity index (χ2n) is 9.60. The van der Waals surface area contributed by atoms with Gasteiger partial charge in [-0.05, 0) is 31.0 Å². The average molecular weight is 610 g/mol. The van der Waals surface area contributed by atoms with Crippen molar-refractivity contribution in [3.8, 4) is 23.6 Å². The molecule has 3 heterocycles. The SMILES string of the molecule is CCOC(=O)c1nn(-c2cnc(OC)nc2OC)c(C(C)C)c1C(Nc1cc(Cl)c(=O)n(C)c1)c1ccc(C#N)cc1F. The van der Waals surface area contributed by atoms with Gasteiger partial charge in [-0.15, -0.1) is 0 Å². The second-order valence-corrected chi connectivity index (χ2v) is 10.0. The van der Waals surface area contributed by atoms with Crippen LogP contribution in [0, 0.1) is 17.1 Å². The van der Waals surface area contributed by atoms with Gasteiger partial charge in [-0.3, -0.25) is 4.79 Å². The lowest BCUT2D eigenvalue weighted by molar-refractivity contribution is 0.0517. The van der Waals surface area contributed by atoms with Crippen molar-refractivity contribution in [2.24, 2.45) is 7.05 Å². The third-order valence-electron chi connectivity index (χ3n) is 6.47. The predicted octanol–water partition coefficient (Wildman–Crippen LogP) is 4.54. The number of carbonyl (C=O) groups is 1. The molecule has 4 aromatic rings. The van der Waals surface area contributed by atoms with E-state index in [4.69, 9.17) is 25.8 Å². The highest BCUT2D eigenvalue weighted by atomic mass is 35.5. The van der Waals surface area contributed by atoms with Crippen LogP contribution in [0.3, 0.4) is 0 Å². The molecule has 14 heteroatoms. The molecule has 0 radical (unpaired) electrons. The summed E-state index contributed by atoms with van der Waals surface area (Å²) in [4.78, 5) is 34.2. The van der Waals surface area contributed by atoms with Gasteiger partial charge in [0.1, 0.15) is 16.5 Å². The maximum Gasteiger partial charge on any atom is 0.359 e. The van der Waals surface area contributed by atoms with Gasteiger partial charge in [0.25, 0.3) is 5.56 Å². The Morgan fingerprint density at radius 1 is 1.23 bits per heavy atom. The molecule has 3 aromatic heterocycles. The van der Waals surface area contributed by atoms with E-state index in [0.29, 0.717) is 11.4 Å². The van der Waals surface area contributed by atoms with Gasteiger partial charge in [0.05, 0.1) is 56.1 Å². The summed E-state index contributed by atoms with van der Waals surface area (Å²) < 4.78 is 34.5. The molecule has 0 saturated heterocycles. The Morgan fingerprint density at radius 2 is 1.98 bits per heavy atom. The summed E-state index contributed by atoms with van der Waals surface area (Å²) in [5.74, 6) is -1.68. The number of anilines is 1. The van der Waals surface area contributed by atoms with Gasteiger partial charge < -0.3 is 24.1 Å². The van der Waals surface area contributed by atoms with Crippen molar-refractivity contribution in [2.45, 2.75) is 32.7 Å². The van der Waals surface area contributed by atoms with Crippen molar-refractivity contribution in [2.75, 3.05) is 26.1 Å². The third-order valence-corrected chi connectivity index (χ3v) is 6.74. The molecule has 4 rings (SSSR count). The molecule has 0 saturated carbocycles. The Morgan fingerprint density at radius 3 is 2.56 bits per heavy atom. The minimum atomic E-state index is -1.09. The number of hydrogen-bond acceptors (Lipinski definition) is 10. The van der Waals surface area contributed by atoms with Crippen LogP contribution in [0.15, 0.2) is 41.5 Å². The molecule has 1 atom stereocenters. The van der Waals surface area contributed by atoms with Gasteiger partial charge in [0, 0.05) is 24.4 Å². The largest absolute Gasteiger partial charge is 0.479 e. The zero-order chi connectivity index (χ0) is 31.4. The fourth-order valence-electron chi connectivity index (χ4n) is 4.61. The van der Waals surface area contributed by atoms with E-state index in [-0.39, 0.29) is 57.5 Å². The Bertz CT molecular complexity index is 1750. The van der Waals surface area contributed by atoms with E-state index < -0.39 is 23.4 Å². The lowest BCUT2D eigenvalue weighted by Gasteiger charge is -2.24. The Kier molecular flexibility index (Phi) is 9.30. The highest BCUT2D eigenvalue weighted by molar-refractivity contribution is 6.30. The Balaban J connectivity index is 2.10. The first-order chi connectivity index (χ1) is 20.5. The number of carbonyl (C=O) groups excluding carboxylic acids is 1. The molecule has 1 N–H and O–H groups in total. The lowest BCUT2D eigenvalue weighted by Crippen LogP contribution is -2.22. The number of hydrogen-bond donors (Lipinski definition) is 1. The number of nitrogens with one attached hydrogen (secondary N) is 1. The fraction of sp³-hybridized carbons (Fsp3) is 0.310. The molecule has 0 fully saturated rings. The van der Waals surface area contributed by atoms with Gasteiger partial charge in [0.2, 0.25) is 5.88 Å². The van der Waals surface area contributed by atoms with Gasteiger partial charge in [-0.1, -0.05) is 31.5 Å². The van der Waals surface area contributed by atoms with Gasteiger partial charge >= 0.3 is 12.0 Å². The number of nitrogens with zero attached hydrogens (tertiary/aromatic N) is 6. The number of halogens is 2. The zero-order valence-corrected chi connectivity index (χ0v) is 25.1. The molecule has 0 aliphatic carbocycles. The standard InChI is InChI=1S/C29H29ClFN7O5/c1-7-43-28(40)24-22(25(15(2)3)38(36-24)21-13-33-29(42-6)35-26(21)41-5)23(18-9-8-16(12-32)10-20(18)31)34-17-11-19(30)27(39)37(4)14-17/h8-11,13-15,23,34H,7H2,1-6H3. The third kappa shape index (κ3) is 6.14. The molecule has 0 spiro atoms. The van der Waals surface area contributed by atoms with E-state index in [1.54, 1.807) is 6.92 Å².